The fourth-order valence-electron chi connectivity index (χ4n) is 3.81. The predicted octanol–water partition coefficient (Wildman–Crippen LogP) is 2.91. The van der Waals surface area contributed by atoms with E-state index >= 15 is 0 Å². The van der Waals surface area contributed by atoms with Crippen molar-refractivity contribution < 1.29 is 4.43 Å². The van der Waals surface area contributed by atoms with E-state index in [9.17, 15) is 0 Å². The van der Waals surface area contributed by atoms with Gasteiger partial charge in [0.1, 0.15) is 0 Å². The van der Waals surface area contributed by atoms with Crippen LogP contribution in [0.25, 0.3) is 0 Å². The quantitative estimate of drug-likeness (QED) is 0.603. The highest BCUT2D eigenvalue weighted by molar-refractivity contribution is 6.66. The maximum absolute atomic E-state index is 6.28. The van der Waals surface area contributed by atoms with Crippen LogP contribution < -0.4 is 14.9 Å². The van der Waals surface area contributed by atoms with Gasteiger partial charge in [-0.1, -0.05) is 45.4 Å². The van der Waals surface area contributed by atoms with Crippen LogP contribution in [-0.4, -0.2) is 34.0 Å². The lowest BCUT2D eigenvalue weighted by Gasteiger charge is -2.40. The van der Waals surface area contributed by atoms with E-state index in [0.717, 1.165) is 13.2 Å². The Hall–Kier alpha value is 0.0569. The molecule has 0 unspecified atom stereocenters. The average Bonchev–Trinajstić information content (AvgIpc) is 2.50. The zero-order chi connectivity index (χ0) is 15.0. The molecule has 0 heterocycles. The van der Waals surface area contributed by atoms with E-state index in [0.29, 0.717) is 12.1 Å². The van der Waals surface area contributed by atoms with Crippen LogP contribution in [0.2, 0.25) is 0 Å². The SMILES string of the molecule is CCN[Si](NC1CCCCC1)(NC1CCCCC1)OCC. The van der Waals surface area contributed by atoms with Crippen LogP contribution in [0.1, 0.15) is 78.1 Å². The summed E-state index contributed by atoms with van der Waals surface area (Å²) in [7, 11) is -2.22. The molecule has 2 fully saturated rings. The fourth-order valence-corrected chi connectivity index (χ4v) is 7.03. The average molecular weight is 314 g/mol. The smallest absolute Gasteiger partial charge is 0.380 e. The van der Waals surface area contributed by atoms with Crippen LogP contribution in [0.3, 0.4) is 0 Å². The summed E-state index contributed by atoms with van der Waals surface area (Å²) < 4.78 is 6.28. The van der Waals surface area contributed by atoms with Crippen molar-refractivity contribution in [3.8, 4) is 0 Å². The van der Waals surface area contributed by atoms with Gasteiger partial charge in [0.15, 0.2) is 0 Å². The van der Waals surface area contributed by atoms with Gasteiger partial charge in [-0.25, -0.2) is 0 Å². The van der Waals surface area contributed by atoms with Crippen molar-refractivity contribution in [2.75, 3.05) is 13.2 Å². The Bertz CT molecular complexity index is 251. The van der Waals surface area contributed by atoms with Crippen molar-refractivity contribution in [2.24, 2.45) is 0 Å². The van der Waals surface area contributed by atoms with Crippen LogP contribution in [0.5, 0.6) is 0 Å². The molecule has 0 aromatic heterocycles. The van der Waals surface area contributed by atoms with Crippen LogP contribution in [0, 0.1) is 0 Å². The normalized spacial score (nSPS) is 22.6. The fraction of sp³-hybridized carbons (Fsp3) is 1.00. The molecule has 0 bridgehead atoms. The maximum atomic E-state index is 6.28. The van der Waals surface area contributed by atoms with E-state index in [1.165, 1.54) is 64.2 Å². The standard InChI is InChI=1S/C16H35N3OSi/c1-3-17-21(20-4-2,18-15-11-7-5-8-12-15)19-16-13-9-6-10-14-16/h15-19H,3-14H2,1-2H3. The molecule has 0 aromatic carbocycles. The first kappa shape index (κ1) is 17.4. The van der Waals surface area contributed by atoms with E-state index < -0.39 is 8.80 Å². The molecule has 2 aliphatic rings. The molecule has 0 amide bonds. The molecule has 2 saturated carbocycles. The Kier molecular flexibility index (Phi) is 7.67. The first-order valence-electron chi connectivity index (χ1n) is 9.22. The number of nitrogens with one attached hydrogen (secondary N) is 3. The molecular weight excluding hydrogens is 278 g/mol. The Morgan fingerprint density at radius 1 is 0.810 bits per heavy atom. The largest absolute Gasteiger partial charge is 0.440 e. The Morgan fingerprint density at radius 3 is 1.67 bits per heavy atom. The highest BCUT2D eigenvalue weighted by atomic mass is 28.4. The summed E-state index contributed by atoms with van der Waals surface area (Å²) in [6.45, 7) is 6.04. The Labute approximate surface area is 132 Å². The minimum Gasteiger partial charge on any atom is -0.380 e. The molecule has 0 saturated heterocycles. The zero-order valence-electron chi connectivity index (χ0n) is 14.0. The summed E-state index contributed by atoms with van der Waals surface area (Å²) in [5.41, 5.74) is 0. The van der Waals surface area contributed by atoms with Crippen molar-refractivity contribution in [1.29, 1.82) is 0 Å². The van der Waals surface area contributed by atoms with E-state index in [-0.39, 0.29) is 0 Å². The third-order valence-electron chi connectivity index (χ3n) is 4.81. The molecule has 0 aliphatic heterocycles. The van der Waals surface area contributed by atoms with Gasteiger partial charge in [-0.05, 0) is 39.2 Å². The molecule has 0 spiro atoms. The molecule has 0 aromatic rings. The van der Waals surface area contributed by atoms with Crippen LogP contribution in [0.15, 0.2) is 0 Å². The number of hydrogen-bond donors (Lipinski definition) is 3. The van der Waals surface area contributed by atoms with Gasteiger partial charge < -0.3 is 4.43 Å². The van der Waals surface area contributed by atoms with Crippen molar-refractivity contribution in [3.63, 3.8) is 0 Å². The van der Waals surface area contributed by atoms with Gasteiger partial charge in [0.05, 0.1) is 0 Å². The van der Waals surface area contributed by atoms with Gasteiger partial charge in [-0.15, -0.1) is 0 Å². The number of rotatable bonds is 8. The van der Waals surface area contributed by atoms with Crippen molar-refractivity contribution in [3.05, 3.63) is 0 Å². The van der Waals surface area contributed by atoms with Gasteiger partial charge in [-0.3, -0.25) is 14.9 Å². The summed E-state index contributed by atoms with van der Waals surface area (Å²) in [5, 5.41) is 0. The third-order valence-corrected chi connectivity index (χ3v) is 8.01. The summed E-state index contributed by atoms with van der Waals surface area (Å²) in [5.74, 6) is 0. The minimum absolute atomic E-state index is 0.632. The first-order chi connectivity index (χ1) is 10.3. The lowest BCUT2D eigenvalue weighted by atomic mass is 9.96. The molecule has 3 N–H and O–H groups in total. The summed E-state index contributed by atoms with van der Waals surface area (Å²) in [6.07, 6.45) is 13.5. The van der Waals surface area contributed by atoms with Crippen molar-refractivity contribution >= 4 is 8.80 Å². The molecular formula is C16H35N3OSi. The van der Waals surface area contributed by atoms with E-state index in [1.54, 1.807) is 0 Å². The Balaban J connectivity index is 1.98. The monoisotopic (exact) mass is 313 g/mol. The minimum atomic E-state index is -2.22. The molecule has 0 atom stereocenters. The van der Waals surface area contributed by atoms with E-state index in [4.69, 9.17) is 4.43 Å². The zero-order valence-corrected chi connectivity index (χ0v) is 15.0. The topological polar surface area (TPSA) is 45.3 Å². The maximum Gasteiger partial charge on any atom is 0.440 e. The Morgan fingerprint density at radius 2 is 1.29 bits per heavy atom. The highest BCUT2D eigenvalue weighted by Gasteiger charge is 2.40. The summed E-state index contributed by atoms with van der Waals surface area (Å²) in [6, 6.07) is 1.26. The van der Waals surface area contributed by atoms with E-state index in [1.807, 2.05) is 0 Å². The second kappa shape index (κ2) is 9.25. The van der Waals surface area contributed by atoms with Crippen molar-refractivity contribution in [2.45, 2.75) is 90.1 Å². The second-order valence-corrected chi connectivity index (χ2v) is 9.19. The lowest BCUT2D eigenvalue weighted by Crippen LogP contribution is -2.77. The molecule has 124 valence electrons. The van der Waals surface area contributed by atoms with Crippen molar-refractivity contribution in [1.82, 2.24) is 14.9 Å². The lowest BCUT2D eigenvalue weighted by molar-refractivity contribution is 0.255. The van der Waals surface area contributed by atoms with Gasteiger partial charge in [-0.2, -0.15) is 0 Å². The van der Waals surface area contributed by atoms with Gasteiger partial charge in [0.25, 0.3) is 0 Å². The molecule has 2 rings (SSSR count). The molecule has 4 nitrogen and oxygen atoms in total. The summed E-state index contributed by atoms with van der Waals surface area (Å²) >= 11 is 0. The van der Waals surface area contributed by atoms with Crippen LogP contribution in [-0.2, 0) is 4.43 Å². The van der Waals surface area contributed by atoms with Crippen LogP contribution in [0.4, 0.5) is 0 Å². The molecule has 2 aliphatic carbocycles. The van der Waals surface area contributed by atoms with E-state index in [2.05, 4.69) is 28.8 Å². The summed E-state index contributed by atoms with van der Waals surface area (Å²) in [4.78, 5) is 11.5. The van der Waals surface area contributed by atoms with Gasteiger partial charge >= 0.3 is 8.80 Å². The second-order valence-electron chi connectivity index (χ2n) is 6.60. The highest BCUT2D eigenvalue weighted by Crippen LogP contribution is 2.21. The predicted molar refractivity (Wildman–Crippen MR) is 91.1 cm³/mol. The third kappa shape index (κ3) is 5.64. The van der Waals surface area contributed by atoms with Crippen LogP contribution >= 0.6 is 0 Å². The molecule has 0 radical (unpaired) electrons. The molecule has 21 heavy (non-hydrogen) atoms. The molecule has 5 heteroatoms. The van der Waals surface area contributed by atoms with Gasteiger partial charge in [0.2, 0.25) is 0 Å². The number of hydrogen-bond acceptors (Lipinski definition) is 4. The van der Waals surface area contributed by atoms with Gasteiger partial charge in [0, 0.05) is 18.7 Å². The first-order valence-corrected chi connectivity index (χ1v) is 11.1.